The van der Waals surface area contributed by atoms with E-state index in [0.717, 1.165) is 17.7 Å². The fraction of sp³-hybridized carbons (Fsp3) is 0.346. The molecule has 1 atom stereocenters. The summed E-state index contributed by atoms with van der Waals surface area (Å²) in [5.74, 6) is -0.164. The van der Waals surface area contributed by atoms with Crippen LogP contribution in [0.15, 0.2) is 66.2 Å². The van der Waals surface area contributed by atoms with Crippen LogP contribution in [-0.4, -0.2) is 34.5 Å². The van der Waals surface area contributed by atoms with Gasteiger partial charge < -0.3 is 4.74 Å². The number of hydrogen-bond acceptors (Lipinski definition) is 5. The Morgan fingerprint density at radius 2 is 1.85 bits per heavy atom. The standard InChI is InChI=1S/C26H29N3O3S/c1-26(2,3)20-11-13-21(14-12-20)29(24-27-15-17-33-24)23(30)22-10-7-16-28(22)25(31)32-18-19-8-5-4-6-9-19/h4-6,8-9,11-15,17,22H,7,10,16,18H2,1-3H3. The first-order valence-electron chi connectivity index (χ1n) is 11.2. The maximum absolute atomic E-state index is 13.8. The SMILES string of the molecule is CC(C)(C)c1ccc(N(C(=O)C2CCCN2C(=O)OCc2ccccc2)c2nccs2)cc1. The highest BCUT2D eigenvalue weighted by Crippen LogP contribution is 2.33. The van der Waals surface area contributed by atoms with Gasteiger partial charge in [-0.2, -0.15) is 0 Å². The summed E-state index contributed by atoms with van der Waals surface area (Å²) in [6, 6.07) is 17.0. The van der Waals surface area contributed by atoms with Crippen molar-refractivity contribution in [2.75, 3.05) is 11.4 Å². The van der Waals surface area contributed by atoms with Crippen LogP contribution in [0.5, 0.6) is 0 Å². The van der Waals surface area contributed by atoms with Gasteiger partial charge in [-0.25, -0.2) is 9.78 Å². The van der Waals surface area contributed by atoms with Crippen LogP contribution in [0.4, 0.5) is 15.6 Å². The number of hydrogen-bond donors (Lipinski definition) is 0. The predicted molar refractivity (Wildman–Crippen MR) is 131 cm³/mol. The average molecular weight is 464 g/mol. The Hall–Kier alpha value is -3.19. The van der Waals surface area contributed by atoms with Crippen LogP contribution in [0.25, 0.3) is 0 Å². The van der Waals surface area contributed by atoms with Crippen LogP contribution in [0, 0.1) is 0 Å². The molecule has 1 aliphatic heterocycles. The Labute approximate surface area is 198 Å². The third kappa shape index (κ3) is 5.25. The number of rotatable bonds is 5. The molecule has 0 aliphatic carbocycles. The molecule has 4 rings (SSSR count). The van der Waals surface area contributed by atoms with E-state index in [1.807, 2.05) is 60.0 Å². The molecule has 0 saturated carbocycles. The van der Waals surface area contributed by atoms with Gasteiger partial charge in [0.1, 0.15) is 12.6 Å². The molecule has 2 amide bonds. The summed E-state index contributed by atoms with van der Waals surface area (Å²) >= 11 is 1.40. The first kappa shape index (κ1) is 23.0. The second kappa shape index (κ2) is 9.75. The van der Waals surface area contributed by atoms with E-state index in [0.29, 0.717) is 18.1 Å². The third-order valence-corrected chi connectivity index (χ3v) is 6.56. The Bertz CT molecular complexity index is 1080. The lowest BCUT2D eigenvalue weighted by atomic mass is 9.87. The number of carbonyl (C=O) groups is 2. The predicted octanol–water partition coefficient (Wildman–Crippen LogP) is 5.91. The van der Waals surface area contributed by atoms with E-state index in [1.54, 1.807) is 16.0 Å². The molecule has 2 heterocycles. The topological polar surface area (TPSA) is 62.7 Å². The molecule has 6 nitrogen and oxygen atoms in total. The molecule has 172 valence electrons. The first-order chi connectivity index (χ1) is 15.8. The molecule has 0 bridgehead atoms. The van der Waals surface area contributed by atoms with Gasteiger partial charge in [0.25, 0.3) is 5.91 Å². The van der Waals surface area contributed by atoms with E-state index in [9.17, 15) is 9.59 Å². The molecule has 0 radical (unpaired) electrons. The average Bonchev–Trinajstić information content (AvgIpc) is 3.51. The van der Waals surface area contributed by atoms with Crippen molar-refractivity contribution < 1.29 is 14.3 Å². The fourth-order valence-corrected chi connectivity index (χ4v) is 4.63. The smallest absolute Gasteiger partial charge is 0.410 e. The largest absolute Gasteiger partial charge is 0.445 e. The highest BCUT2D eigenvalue weighted by molar-refractivity contribution is 7.13. The van der Waals surface area contributed by atoms with Crippen molar-refractivity contribution in [1.82, 2.24) is 9.88 Å². The first-order valence-corrected chi connectivity index (χ1v) is 12.0. The molecule has 2 aromatic carbocycles. The Morgan fingerprint density at radius 1 is 1.12 bits per heavy atom. The van der Waals surface area contributed by atoms with E-state index in [1.165, 1.54) is 16.9 Å². The van der Waals surface area contributed by atoms with Gasteiger partial charge in [-0.1, -0.05) is 63.2 Å². The number of aromatic nitrogens is 1. The Morgan fingerprint density at radius 3 is 2.48 bits per heavy atom. The van der Waals surface area contributed by atoms with Crippen LogP contribution < -0.4 is 4.90 Å². The molecule has 0 N–H and O–H groups in total. The third-order valence-electron chi connectivity index (χ3n) is 5.80. The lowest BCUT2D eigenvalue weighted by Crippen LogP contribution is -2.46. The van der Waals surface area contributed by atoms with Gasteiger partial charge in [-0.3, -0.25) is 14.6 Å². The van der Waals surface area contributed by atoms with Gasteiger partial charge in [-0.05, 0) is 41.5 Å². The lowest BCUT2D eigenvalue weighted by Gasteiger charge is -2.29. The van der Waals surface area contributed by atoms with E-state index in [-0.39, 0.29) is 17.9 Å². The number of nitrogens with zero attached hydrogens (tertiary/aromatic N) is 3. The van der Waals surface area contributed by atoms with Gasteiger partial charge in [-0.15, -0.1) is 11.3 Å². The monoisotopic (exact) mass is 463 g/mol. The lowest BCUT2D eigenvalue weighted by molar-refractivity contribution is -0.121. The minimum Gasteiger partial charge on any atom is -0.445 e. The summed E-state index contributed by atoms with van der Waals surface area (Å²) < 4.78 is 5.52. The number of amides is 2. The number of carbonyl (C=O) groups excluding carboxylic acids is 2. The minimum absolute atomic E-state index is 0.0132. The van der Waals surface area contributed by atoms with Crippen LogP contribution in [0.2, 0.25) is 0 Å². The van der Waals surface area contributed by atoms with Gasteiger partial charge in [0.2, 0.25) is 0 Å². The molecular formula is C26H29N3O3S. The van der Waals surface area contributed by atoms with Gasteiger partial charge in [0.05, 0.1) is 5.69 Å². The van der Waals surface area contributed by atoms with Gasteiger partial charge in [0, 0.05) is 18.1 Å². The molecule has 1 saturated heterocycles. The van der Waals surface area contributed by atoms with Crippen molar-refractivity contribution in [1.29, 1.82) is 0 Å². The zero-order valence-corrected chi connectivity index (χ0v) is 20.0. The number of likely N-dealkylation sites (tertiary alicyclic amines) is 1. The van der Waals surface area contributed by atoms with Gasteiger partial charge in [0.15, 0.2) is 5.13 Å². The summed E-state index contributed by atoms with van der Waals surface area (Å²) in [5.41, 5.74) is 2.85. The summed E-state index contributed by atoms with van der Waals surface area (Å²) in [4.78, 5) is 34.2. The molecule has 1 fully saturated rings. The van der Waals surface area contributed by atoms with Gasteiger partial charge >= 0.3 is 6.09 Å². The quantitative estimate of drug-likeness (QED) is 0.472. The van der Waals surface area contributed by atoms with E-state index in [4.69, 9.17) is 4.74 Å². The number of benzene rings is 2. The molecule has 7 heteroatoms. The zero-order valence-electron chi connectivity index (χ0n) is 19.2. The van der Waals surface area contributed by atoms with Crippen LogP contribution in [0.3, 0.4) is 0 Å². The minimum atomic E-state index is -0.584. The molecule has 3 aromatic rings. The summed E-state index contributed by atoms with van der Waals surface area (Å²) in [6.07, 6.45) is 2.58. The molecule has 0 spiro atoms. The van der Waals surface area contributed by atoms with Crippen molar-refractivity contribution in [2.45, 2.75) is 51.7 Å². The maximum atomic E-state index is 13.8. The van der Waals surface area contributed by atoms with Crippen molar-refractivity contribution >= 4 is 34.2 Å². The fourth-order valence-electron chi connectivity index (χ4n) is 3.96. The second-order valence-corrected chi connectivity index (χ2v) is 10.0. The highest BCUT2D eigenvalue weighted by atomic mass is 32.1. The van der Waals surface area contributed by atoms with Crippen LogP contribution in [0.1, 0.15) is 44.7 Å². The Kier molecular flexibility index (Phi) is 6.79. The second-order valence-electron chi connectivity index (χ2n) is 9.18. The van der Waals surface area contributed by atoms with Crippen molar-refractivity contribution in [3.63, 3.8) is 0 Å². The Balaban J connectivity index is 1.55. The van der Waals surface area contributed by atoms with E-state index in [2.05, 4.69) is 25.8 Å². The van der Waals surface area contributed by atoms with E-state index >= 15 is 0 Å². The summed E-state index contributed by atoms with van der Waals surface area (Å²) in [7, 11) is 0. The highest BCUT2D eigenvalue weighted by Gasteiger charge is 2.39. The van der Waals surface area contributed by atoms with Crippen LogP contribution in [-0.2, 0) is 21.6 Å². The summed E-state index contributed by atoms with van der Waals surface area (Å²) in [6.45, 7) is 7.15. The van der Waals surface area contributed by atoms with E-state index < -0.39 is 12.1 Å². The maximum Gasteiger partial charge on any atom is 0.410 e. The molecule has 1 unspecified atom stereocenters. The molecule has 1 aliphatic rings. The normalized spacial score (nSPS) is 16.0. The number of anilines is 2. The summed E-state index contributed by atoms with van der Waals surface area (Å²) in [5, 5.41) is 2.44. The molecule has 1 aromatic heterocycles. The van der Waals surface area contributed by atoms with Crippen molar-refractivity contribution in [2.24, 2.45) is 0 Å². The number of ether oxygens (including phenoxy) is 1. The molecular weight excluding hydrogens is 434 g/mol. The molecule has 33 heavy (non-hydrogen) atoms. The van der Waals surface area contributed by atoms with Crippen molar-refractivity contribution in [3.05, 3.63) is 77.3 Å². The van der Waals surface area contributed by atoms with Crippen molar-refractivity contribution in [3.8, 4) is 0 Å². The number of thiazole rings is 1. The van der Waals surface area contributed by atoms with Crippen LogP contribution >= 0.6 is 11.3 Å². The zero-order chi connectivity index (χ0) is 23.4.